The van der Waals surface area contributed by atoms with Crippen LogP contribution in [0.3, 0.4) is 0 Å². The van der Waals surface area contributed by atoms with Crippen molar-refractivity contribution in [2.45, 2.75) is 32.2 Å². The first-order valence-corrected chi connectivity index (χ1v) is 5.64. The van der Waals surface area contributed by atoms with Crippen LogP contribution in [-0.4, -0.2) is 31.6 Å². The van der Waals surface area contributed by atoms with E-state index < -0.39 is 0 Å². The third kappa shape index (κ3) is 1.98. The van der Waals surface area contributed by atoms with Crippen LogP contribution >= 0.6 is 0 Å². The Kier molecular flexibility index (Phi) is 3.19. The molecule has 2 rings (SSSR count). The molecule has 0 aromatic carbocycles. The molecule has 2 heterocycles. The number of carbonyl (C=O) groups is 1. The molecular formula is C11H19NO2. The molecule has 0 aromatic heterocycles. The molecule has 3 nitrogen and oxygen atoms in total. The minimum atomic E-state index is 0.171. The van der Waals surface area contributed by atoms with Crippen LogP contribution in [0.1, 0.15) is 26.2 Å². The van der Waals surface area contributed by atoms with Crippen molar-refractivity contribution in [3.05, 3.63) is 0 Å². The summed E-state index contributed by atoms with van der Waals surface area (Å²) in [6.07, 6.45) is 3.29. The molecule has 3 heteroatoms. The standard InChI is InChI=1S/C11H19NO2/c1-8(10-3-2-5-12-10)11(13)9-4-6-14-7-9/h8-10,12H,2-7H2,1H3. The highest BCUT2D eigenvalue weighted by Gasteiger charge is 2.32. The largest absolute Gasteiger partial charge is 0.381 e. The fourth-order valence-corrected chi connectivity index (χ4v) is 2.47. The summed E-state index contributed by atoms with van der Waals surface area (Å²) in [7, 11) is 0. The molecular weight excluding hydrogens is 178 g/mol. The van der Waals surface area contributed by atoms with Crippen molar-refractivity contribution in [3.63, 3.8) is 0 Å². The second-order valence-corrected chi connectivity index (χ2v) is 4.45. The second kappa shape index (κ2) is 4.41. The Morgan fingerprint density at radius 1 is 1.50 bits per heavy atom. The molecule has 2 saturated heterocycles. The van der Waals surface area contributed by atoms with Crippen molar-refractivity contribution in [2.75, 3.05) is 19.8 Å². The van der Waals surface area contributed by atoms with Gasteiger partial charge in [-0.1, -0.05) is 6.92 Å². The molecule has 0 bridgehead atoms. The van der Waals surface area contributed by atoms with E-state index in [0.717, 1.165) is 26.0 Å². The van der Waals surface area contributed by atoms with Gasteiger partial charge in [-0.25, -0.2) is 0 Å². The van der Waals surface area contributed by atoms with Gasteiger partial charge in [0.15, 0.2) is 0 Å². The van der Waals surface area contributed by atoms with Gasteiger partial charge in [0.25, 0.3) is 0 Å². The van der Waals surface area contributed by atoms with E-state index in [1.165, 1.54) is 6.42 Å². The minimum Gasteiger partial charge on any atom is -0.381 e. The van der Waals surface area contributed by atoms with E-state index in [4.69, 9.17) is 4.74 Å². The maximum Gasteiger partial charge on any atom is 0.142 e. The van der Waals surface area contributed by atoms with E-state index in [2.05, 4.69) is 12.2 Å². The molecule has 2 fully saturated rings. The predicted octanol–water partition coefficient (Wildman–Crippen LogP) is 0.980. The topological polar surface area (TPSA) is 38.3 Å². The monoisotopic (exact) mass is 197 g/mol. The lowest BCUT2D eigenvalue weighted by Gasteiger charge is -2.20. The summed E-state index contributed by atoms with van der Waals surface area (Å²) in [5, 5.41) is 3.40. The highest BCUT2D eigenvalue weighted by Crippen LogP contribution is 2.23. The Morgan fingerprint density at radius 3 is 2.93 bits per heavy atom. The van der Waals surface area contributed by atoms with Crippen molar-refractivity contribution >= 4 is 5.78 Å². The lowest BCUT2D eigenvalue weighted by molar-refractivity contribution is -0.127. The number of Topliss-reactive ketones (excluding diaryl/α,β-unsaturated/α-hetero) is 1. The number of hydrogen-bond donors (Lipinski definition) is 1. The molecule has 2 aliphatic heterocycles. The first kappa shape index (κ1) is 10.1. The van der Waals surface area contributed by atoms with Crippen molar-refractivity contribution in [3.8, 4) is 0 Å². The second-order valence-electron chi connectivity index (χ2n) is 4.45. The summed E-state index contributed by atoms with van der Waals surface area (Å²) in [6, 6.07) is 0.420. The van der Waals surface area contributed by atoms with E-state index >= 15 is 0 Å². The lowest BCUT2D eigenvalue weighted by atomic mass is 9.88. The van der Waals surface area contributed by atoms with Crippen LogP contribution in [0.15, 0.2) is 0 Å². The van der Waals surface area contributed by atoms with Gasteiger partial charge in [0.1, 0.15) is 5.78 Å². The molecule has 0 aromatic rings. The molecule has 14 heavy (non-hydrogen) atoms. The average Bonchev–Trinajstić information content (AvgIpc) is 2.87. The van der Waals surface area contributed by atoms with E-state index in [9.17, 15) is 4.79 Å². The molecule has 0 saturated carbocycles. The number of hydrogen-bond acceptors (Lipinski definition) is 3. The van der Waals surface area contributed by atoms with E-state index in [-0.39, 0.29) is 11.8 Å². The highest BCUT2D eigenvalue weighted by molar-refractivity contribution is 5.84. The molecule has 0 aliphatic carbocycles. The number of ether oxygens (including phenoxy) is 1. The summed E-state index contributed by atoms with van der Waals surface area (Å²) in [5.74, 6) is 0.749. The quantitative estimate of drug-likeness (QED) is 0.733. The molecule has 0 amide bonds. The Hall–Kier alpha value is -0.410. The Labute approximate surface area is 85.2 Å². The van der Waals surface area contributed by atoms with Crippen molar-refractivity contribution in [1.29, 1.82) is 0 Å². The number of rotatable bonds is 3. The van der Waals surface area contributed by atoms with Gasteiger partial charge >= 0.3 is 0 Å². The third-order valence-corrected chi connectivity index (χ3v) is 3.48. The van der Waals surface area contributed by atoms with Crippen LogP contribution < -0.4 is 5.32 Å². The highest BCUT2D eigenvalue weighted by atomic mass is 16.5. The van der Waals surface area contributed by atoms with Gasteiger partial charge in [0, 0.05) is 24.5 Å². The Balaban J connectivity index is 1.89. The van der Waals surface area contributed by atoms with Crippen LogP contribution in [0.25, 0.3) is 0 Å². The molecule has 1 N–H and O–H groups in total. The maximum atomic E-state index is 12.0. The molecule has 3 atom stereocenters. The van der Waals surface area contributed by atoms with E-state index in [1.54, 1.807) is 0 Å². The van der Waals surface area contributed by atoms with Gasteiger partial charge in [-0.15, -0.1) is 0 Å². The van der Waals surface area contributed by atoms with Gasteiger partial charge in [0.05, 0.1) is 6.61 Å². The molecule has 3 unspecified atom stereocenters. The third-order valence-electron chi connectivity index (χ3n) is 3.48. The Bertz CT molecular complexity index is 205. The summed E-state index contributed by atoms with van der Waals surface area (Å²) in [4.78, 5) is 12.0. The van der Waals surface area contributed by atoms with Crippen molar-refractivity contribution in [1.82, 2.24) is 5.32 Å². The summed E-state index contributed by atoms with van der Waals surface area (Å²) < 4.78 is 5.25. The molecule has 2 aliphatic rings. The zero-order valence-corrected chi connectivity index (χ0v) is 8.79. The first-order valence-electron chi connectivity index (χ1n) is 5.64. The van der Waals surface area contributed by atoms with Crippen LogP contribution in [0.2, 0.25) is 0 Å². The Morgan fingerprint density at radius 2 is 2.36 bits per heavy atom. The van der Waals surface area contributed by atoms with Crippen molar-refractivity contribution < 1.29 is 9.53 Å². The van der Waals surface area contributed by atoms with Crippen molar-refractivity contribution in [2.24, 2.45) is 11.8 Å². The predicted molar refractivity (Wildman–Crippen MR) is 54.1 cm³/mol. The number of ketones is 1. The average molecular weight is 197 g/mol. The van der Waals surface area contributed by atoms with Gasteiger partial charge < -0.3 is 10.1 Å². The van der Waals surface area contributed by atoms with E-state index in [1.807, 2.05) is 0 Å². The zero-order valence-electron chi connectivity index (χ0n) is 8.79. The zero-order chi connectivity index (χ0) is 9.97. The SMILES string of the molecule is CC(C(=O)C1CCOC1)C1CCCN1. The van der Waals surface area contributed by atoms with Gasteiger partial charge in [-0.2, -0.15) is 0 Å². The van der Waals surface area contributed by atoms with Crippen LogP contribution in [-0.2, 0) is 9.53 Å². The fourth-order valence-electron chi connectivity index (χ4n) is 2.47. The normalized spacial score (nSPS) is 34.6. The summed E-state index contributed by atoms with van der Waals surface area (Å²) in [6.45, 7) is 4.55. The minimum absolute atomic E-state index is 0.171. The number of carbonyl (C=O) groups excluding carboxylic acids is 1. The van der Waals surface area contributed by atoms with Crippen LogP contribution in [0, 0.1) is 11.8 Å². The van der Waals surface area contributed by atoms with Crippen LogP contribution in [0.4, 0.5) is 0 Å². The lowest BCUT2D eigenvalue weighted by Crippen LogP contribution is -2.36. The number of nitrogens with one attached hydrogen (secondary N) is 1. The van der Waals surface area contributed by atoms with Gasteiger partial charge in [0.2, 0.25) is 0 Å². The van der Waals surface area contributed by atoms with Gasteiger partial charge in [-0.3, -0.25) is 4.79 Å². The smallest absolute Gasteiger partial charge is 0.142 e. The van der Waals surface area contributed by atoms with E-state index in [0.29, 0.717) is 18.4 Å². The molecule has 80 valence electrons. The summed E-state index contributed by atoms with van der Waals surface area (Å²) in [5.41, 5.74) is 0. The maximum absolute atomic E-state index is 12.0. The van der Waals surface area contributed by atoms with Gasteiger partial charge in [-0.05, 0) is 25.8 Å². The summed E-state index contributed by atoms with van der Waals surface area (Å²) >= 11 is 0. The molecule has 0 radical (unpaired) electrons. The fraction of sp³-hybridized carbons (Fsp3) is 0.909. The first-order chi connectivity index (χ1) is 6.79. The molecule has 0 spiro atoms. The van der Waals surface area contributed by atoms with Crippen LogP contribution in [0.5, 0.6) is 0 Å².